The van der Waals surface area contributed by atoms with Gasteiger partial charge in [-0.15, -0.1) is 5.10 Å². The molecule has 0 atom stereocenters. The molecule has 2 aromatic carbocycles. The summed E-state index contributed by atoms with van der Waals surface area (Å²) in [6, 6.07) is 9.10. The second-order valence-corrected chi connectivity index (χ2v) is 5.41. The number of rotatable bonds is 6. The molecule has 0 aliphatic heterocycles. The zero-order chi connectivity index (χ0) is 18.7. The molecule has 1 aromatic heterocycles. The van der Waals surface area contributed by atoms with Crippen molar-refractivity contribution in [3.63, 3.8) is 0 Å². The Bertz CT molecular complexity index is 898. The van der Waals surface area contributed by atoms with Gasteiger partial charge in [0.15, 0.2) is 11.5 Å². The largest absolute Gasteiger partial charge is 0.495 e. The molecule has 1 heterocycles. The lowest BCUT2D eigenvalue weighted by Crippen LogP contribution is -1.96. The molecule has 26 heavy (non-hydrogen) atoms. The number of ether oxygens (including phenoxy) is 4. The number of nitrogen functional groups attached to an aromatic ring is 1. The van der Waals surface area contributed by atoms with Gasteiger partial charge in [0.2, 0.25) is 5.75 Å². The normalized spacial score (nSPS) is 10.5. The summed E-state index contributed by atoms with van der Waals surface area (Å²) in [4.78, 5) is 0. The van der Waals surface area contributed by atoms with Crippen LogP contribution in [-0.2, 0) is 0 Å². The van der Waals surface area contributed by atoms with E-state index in [1.165, 1.54) is 0 Å². The molecule has 3 aromatic rings. The van der Waals surface area contributed by atoms with Crippen molar-refractivity contribution in [1.82, 2.24) is 15.4 Å². The molecule has 3 rings (SSSR count). The van der Waals surface area contributed by atoms with Gasteiger partial charge in [-0.1, -0.05) is 5.21 Å². The first kappa shape index (κ1) is 17.4. The molecule has 0 radical (unpaired) electrons. The predicted molar refractivity (Wildman–Crippen MR) is 97.9 cm³/mol. The molecule has 0 unspecified atom stereocenters. The van der Waals surface area contributed by atoms with Crippen LogP contribution < -0.4 is 24.7 Å². The highest BCUT2D eigenvalue weighted by atomic mass is 16.5. The maximum absolute atomic E-state index is 6.02. The number of methoxy groups -OCH3 is 4. The third-order valence-corrected chi connectivity index (χ3v) is 4.01. The highest BCUT2D eigenvalue weighted by Gasteiger charge is 2.19. The first-order valence-electron chi connectivity index (χ1n) is 7.78. The summed E-state index contributed by atoms with van der Waals surface area (Å²) >= 11 is 0. The fourth-order valence-electron chi connectivity index (χ4n) is 2.74. The van der Waals surface area contributed by atoms with Crippen molar-refractivity contribution in [2.24, 2.45) is 0 Å². The van der Waals surface area contributed by atoms with Gasteiger partial charge in [0.25, 0.3) is 0 Å². The maximum Gasteiger partial charge on any atom is 0.203 e. The molecule has 0 saturated carbocycles. The maximum atomic E-state index is 6.02. The van der Waals surface area contributed by atoms with Crippen molar-refractivity contribution < 1.29 is 18.9 Å². The minimum atomic E-state index is 0.515. The van der Waals surface area contributed by atoms with Gasteiger partial charge in [-0.25, -0.2) is 0 Å². The van der Waals surface area contributed by atoms with Crippen molar-refractivity contribution in [3.8, 4) is 45.5 Å². The van der Waals surface area contributed by atoms with Gasteiger partial charge < -0.3 is 24.7 Å². The molecule has 136 valence electrons. The topological polar surface area (TPSA) is 105 Å². The standard InChI is InChI=1S/C18H20N4O4/c1-23-13-6-5-10(7-12(13)19)16-17(21-22-20-16)11-8-14(24-2)18(26-4)15(9-11)25-3/h5-9H,19H2,1-4H3,(H,20,21,22). The van der Waals surface area contributed by atoms with Crippen LogP contribution in [0.15, 0.2) is 30.3 Å². The van der Waals surface area contributed by atoms with Crippen molar-refractivity contribution in [2.45, 2.75) is 0 Å². The second-order valence-electron chi connectivity index (χ2n) is 5.41. The highest BCUT2D eigenvalue weighted by molar-refractivity contribution is 5.81. The van der Waals surface area contributed by atoms with Crippen LogP contribution in [0.25, 0.3) is 22.5 Å². The van der Waals surface area contributed by atoms with Crippen LogP contribution in [0.3, 0.4) is 0 Å². The molecule has 3 N–H and O–H groups in total. The van der Waals surface area contributed by atoms with E-state index in [1.807, 2.05) is 18.2 Å². The van der Waals surface area contributed by atoms with E-state index in [1.54, 1.807) is 40.6 Å². The van der Waals surface area contributed by atoms with E-state index in [4.69, 9.17) is 24.7 Å². The number of nitrogens with two attached hydrogens (primary N) is 1. The minimum Gasteiger partial charge on any atom is -0.495 e. The highest BCUT2D eigenvalue weighted by Crippen LogP contribution is 2.42. The van der Waals surface area contributed by atoms with Gasteiger partial charge in [-0.05, 0) is 30.3 Å². The number of aromatic amines is 1. The Labute approximate surface area is 150 Å². The van der Waals surface area contributed by atoms with Crippen LogP contribution in [0, 0.1) is 0 Å². The zero-order valence-corrected chi connectivity index (χ0v) is 15.0. The average Bonchev–Trinajstić information content (AvgIpc) is 3.16. The van der Waals surface area contributed by atoms with Crippen molar-refractivity contribution >= 4 is 5.69 Å². The molecule has 0 saturated heterocycles. The molecule has 0 amide bonds. The number of nitrogens with zero attached hydrogens (tertiary/aromatic N) is 2. The number of hydrogen-bond acceptors (Lipinski definition) is 7. The fourth-order valence-corrected chi connectivity index (χ4v) is 2.74. The molecule has 0 aliphatic rings. The van der Waals surface area contributed by atoms with Crippen LogP contribution in [0.4, 0.5) is 5.69 Å². The first-order valence-corrected chi connectivity index (χ1v) is 7.78. The lowest BCUT2D eigenvalue weighted by molar-refractivity contribution is 0.324. The number of benzene rings is 2. The summed E-state index contributed by atoms with van der Waals surface area (Å²) in [7, 11) is 6.26. The van der Waals surface area contributed by atoms with Crippen LogP contribution in [0.1, 0.15) is 0 Å². The van der Waals surface area contributed by atoms with E-state index in [0.717, 1.165) is 11.1 Å². The van der Waals surface area contributed by atoms with Crippen molar-refractivity contribution in [2.75, 3.05) is 34.2 Å². The number of nitrogens with one attached hydrogen (secondary N) is 1. The molecule has 8 heteroatoms. The lowest BCUT2D eigenvalue weighted by atomic mass is 10.0. The average molecular weight is 356 g/mol. The lowest BCUT2D eigenvalue weighted by Gasteiger charge is -2.14. The Balaban J connectivity index is 2.13. The number of anilines is 1. The van der Waals surface area contributed by atoms with Gasteiger partial charge in [-0.2, -0.15) is 0 Å². The fraction of sp³-hybridized carbons (Fsp3) is 0.222. The first-order chi connectivity index (χ1) is 12.6. The summed E-state index contributed by atoms with van der Waals surface area (Å²) in [6.07, 6.45) is 0. The van der Waals surface area contributed by atoms with Crippen LogP contribution in [-0.4, -0.2) is 43.8 Å². The van der Waals surface area contributed by atoms with E-state index in [-0.39, 0.29) is 0 Å². The van der Waals surface area contributed by atoms with Gasteiger partial charge >= 0.3 is 0 Å². The minimum absolute atomic E-state index is 0.515. The molecule has 0 spiro atoms. The SMILES string of the molecule is COc1ccc(-c2nn[nH]c2-c2cc(OC)c(OC)c(OC)c2)cc1N. The molecular weight excluding hydrogens is 336 g/mol. The third-order valence-electron chi connectivity index (χ3n) is 4.01. The smallest absolute Gasteiger partial charge is 0.203 e. The molecular formula is C18H20N4O4. The Morgan fingerprint density at radius 3 is 2.00 bits per heavy atom. The van der Waals surface area contributed by atoms with Crippen molar-refractivity contribution in [3.05, 3.63) is 30.3 Å². The van der Waals surface area contributed by atoms with Crippen LogP contribution >= 0.6 is 0 Å². The van der Waals surface area contributed by atoms with Gasteiger partial charge in [0.05, 0.1) is 39.8 Å². The Morgan fingerprint density at radius 2 is 1.46 bits per heavy atom. The Hall–Kier alpha value is -3.42. The van der Waals surface area contributed by atoms with Crippen molar-refractivity contribution in [1.29, 1.82) is 0 Å². The summed E-state index contributed by atoms with van der Waals surface area (Å²) < 4.78 is 21.4. The quantitative estimate of drug-likeness (QED) is 0.654. The van der Waals surface area contributed by atoms with Crippen LogP contribution in [0.5, 0.6) is 23.0 Å². The summed E-state index contributed by atoms with van der Waals surface area (Å²) in [5.74, 6) is 2.20. The second kappa shape index (κ2) is 7.22. The number of H-pyrrole nitrogens is 1. The Kier molecular flexibility index (Phi) is 4.83. The summed E-state index contributed by atoms with van der Waals surface area (Å²) in [5, 5.41) is 11.1. The van der Waals surface area contributed by atoms with E-state index in [2.05, 4.69) is 15.4 Å². The van der Waals surface area contributed by atoms with E-state index in [9.17, 15) is 0 Å². The summed E-state index contributed by atoms with van der Waals surface area (Å²) in [6.45, 7) is 0. The molecule has 0 fully saturated rings. The van der Waals surface area contributed by atoms with E-state index in [0.29, 0.717) is 40.1 Å². The zero-order valence-electron chi connectivity index (χ0n) is 15.0. The predicted octanol–water partition coefficient (Wildman–Crippen LogP) is 2.76. The van der Waals surface area contributed by atoms with E-state index >= 15 is 0 Å². The third kappa shape index (κ3) is 2.97. The molecule has 0 aliphatic carbocycles. The van der Waals surface area contributed by atoms with Gasteiger partial charge in [-0.3, -0.25) is 5.10 Å². The Morgan fingerprint density at radius 1 is 0.808 bits per heavy atom. The van der Waals surface area contributed by atoms with Gasteiger partial charge in [0.1, 0.15) is 11.4 Å². The van der Waals surface area contributed by atoms with E-state index < -0.39 is 0 Å². The number of hydrogen-bond donors (Lipinski definition) is 2. The monoisotopic (exact) mass is 356 g/mol. The summed E-state index contributed by atoms with van der Waals surface area (Å²) in [5.41, 5.74) is 9.48. The van der Waals surface area contributed by atoms with Crippen LogP contribution in [0.2, 0.25) is 0 Å². The molecule has 0 bridgehead atoms. The number of aromatic nitrogens is 3. The molecule has 8 nitrogen and oxygen atoms in total. The van der Waals surface area contributed by atoms with Gasteiger partial charge in [0, 0.05) is 11.1 Å².